The van der Waals surface area contributed by atoms with Gasteiger partial charge in [-0.2, -0.15) is 0 Å². The van der Waals surface area contributed by atoms with Gasteiger partial charge in [-0.3, -0.25) is 4.79 Å². The van der Waals surface area contributed by atoms with Gasteiger partial charge >= 0.3 is 11.9 Å². The van der Waals surface area contributed by atoms with Crippen LogP contribution in [0.25, 0.3) is 0 Å². The maximum absolute atomic E-state index is 13.4. The summed E-state index contributed by atoms with van der Waals surface area (Å²) >= 11 is 0. The molecule has 0 unspecified atom stereocenters. The average Bonchev–Trinajstić information content (AvgIpc) is 2.26. The molecule has 0 saturated heterocycles. The van der Waals surface area contributed by atoms with Gasteiger partial charge in [-0.1, -0.05) is 6.07 Å². The van der Waals surface area contributed by atoms with Gasteiger partial charge < -0.3 is 9.84 Å². The molecule has 0 amide bonds. The molecule has 110 valence electrons. The highest BCUT2D eigenvalue weighted by molar-refractivity contribution is 7.91. The van der Waals surface area contributed by atoms with Gasteiger partial charge in [-0.25, -0.2) is 17.6 Å². The number of benzene rings is 1. The quantitative estimate of drug-likeness (QED) is 0.787. The van der Waals surface area contributed by atoms with Crippen molar-refractivity contribution in [3.63, 3.8) is 0 Å². The number of carbonyl (C=O) groups excluding carboxylic acids is 1. The number of hydrogen-bond donors (Lipinski definition) is 1. The lowest BCUT2D eigenvalue weighted by atomic mass is 10.1. The highest BCUT2D eigenvalue weighted by atomic mass is 32.2. The van der Waals surface area contributed by atoms with E-state index in [4.69, 9.17) is 5.11 Å². The zero-order valence-electron chi connectivity index (χ0n) is 10.6. The topological polar surface area (TPSA) is 97.7 Å². The van der Waals surface area contributed by atoms with Gasteiger partial charge in [-0.15, -0.1) is 0 Å². The molecular formula is C12H13FO6S. The second kappa shape index (κ2) is 6.47. The Kier molecular flexibility index (Phi) is 5.20. The fourth-order valence-electron chi connectivity index (χ4n) is 1.51. The fourth-order valence-corrected chi connectivity index (χ4v) is 2.74. The lowest BCUT2D eigenvalue weighted by molar-refractivity contribution is -0.139. The van der Waals surface area contributed by atoms with Crippen molar-refractivity contribution in [3.05, 3.63) is 35.1 Å². The molecule has 20 heavy (non-hydrogen) atoms. The number of carboxylic acid groups (broad SMARTS) is 1. The summed E-state index contributed by atoms with van der Waals surface area (Å²) in [6.07, 6.45) is 0. The number of hydrogen-bond acceptors (Lipinski definition) is 5. The Morgan fingerprint density at radius 3 is 2.50 bits per heavy atom. The molecule has 0 fully saturated rings. The molecule has 1 N–H and O–H groups in total. The third-order valence-electron chi connectivity index (χ3n) is 2.29. The zero-order chi connectivity index (χ0) is 15.3. The second-order valence-electron chi connectivity index (χ2n) is 3.96. The van der Waals surface area contributed by atoms with Crippen LogP contribution in [0.15, 0.2) is 18.2 Å². The maximum Gasteiger partial charge on any atom is 0.338 e. The molecule has 0 aliphatic heterocycles. The smallest absolute Gasteiger partial charge is 0.338 e. The molecular weight excluding hydrogens is 291 g/mol. The molecule has 0 atom stereocenters. The zero-order valence-corrected chi connectivity index (χ0v) is 11.4. The van der Waals surface area contributed by atoms with E-state index in [9.17, 15) is 22.4 Å². The van der Waals surface area contributed by atoms with Crippen LogP contribution in [0.5, 0.6) is 0 Å². The normalized spacial score (nSPS) is 11.1. The standard InChI is InChI=1S/C12H13FO6S/c1-2-19-11(14)7-20(17,18)6-8-3-4-9(12(15)16)10(13)5-8/h3-5H,2,6-7H2,1H3,(H,15,16). The summed E-state index contributed by atoms with van der Waals surface area (Å²) in [6, 6.07) is 2.99. The van der Waals surface area contributed by atoms with Crippen LogP contribution in [0.4, 0.5) is 4.39 Å². The number of carbonyl (C=O) groups is 2. The van der Waals surface area contributed by atoms with Crippen molar-refractivity contribution in [3.8, 4) is 0 Å². The van der Waals surface area contributed by atoms with Gasteiger partial charge in [0.25, 0.3) is 0 Å². The molecule has 0 aliphatic carbocycles. The summed E-state index contributed by atoms with van der Waals surface area (Å²) in [5.41, 5.74) is -0.478. The van der Waals surface area contributed by atoms with Crippen LogP contribution in [0, 0.1) is 5.82 Å². The molecule has 1 aromatic rings. The van der Waals surface area contributed by atoms with Crippen molar-refractivity contribution in [2.75, 3.05) is 12.4 Å². The summed E-state index contributed by atoms with van der Waals surface area (Å²) in [5, 5.41) is 8.65. The highest BCUT2D eigenvalue weighted by Gasteiger charge is 2.19. The van der Waals surface area contributed by atoms with E-state index in [0.717, 1.165) is 12.1 Å². The molecule has 0 saturated carbocycles. The van der Waals surface area contributed by atoms with Gasteiger partial charge in [0.2, 0.25) is 0 Å². The molecule has 0 aliphatic rings. The van der Waals surface area contributed by atoms with Crippen molar-refractivity contribution in [2.45, 2.75) is 12.7 Å². The summed E-state index contributed by atoms with van der Waals surface area (Å²) in [6.45, 7) is 1.61. The molecule has 6 nitrogen and oxygen atoms in total. The fraction of sp³-hybridized carbons (Fsp3) is 0.333. The first kappa shape index (κ1) is 16.1. The number of ether oxygens (including phenoxy) is 1. The van der Waals surface area contributed by atoms with E-state index in [1.165, 1.54) is 6.07 Å². The largest absolute Gasteiger partial charge is 0.478 e. The molecule has 0 spiro atoms. The van der Waals surface area contributed by atoms with Crippen LogP contribution in [-0.4, -0.2) is 37.8 Å². The van der Waals surface area contributed by atoms with Crippen molar-refractivity contribution in [2.24, 2.45) is 0 Å². The minimum absolute atomic E-state index is 0.0658. The molecule has 0 bridgehead atoms. The summed E-state index contributed by atoms with van der Waals surface area (Å²) in [4.78, 5) is 21.7. The minimum Gasteiger partial charge on any atom is -0.478 e. The van der Waals surface area contributed by atoms with E-state index < -0.39 is 44.7 Å². The maximum atomic E-state index is 13.4. The summed E-state index contributed by atoms with van der Waals surface area (Å²) < 4.78 is 41.3. The van der Waals surface area contributed by atoms with E-state index in [-0.39, 0.29) is 12.2 Å². The lowest BCUT2D eigenvalue weighted by Gasteiger charge is -2.05. The van der Waals surface area contributed by atoms with Gasteiger partial charge in [0.1, 0.15) is 11.6 Å². The Hall–Kier alpha value is -1.96. The number of halogens is 1. The number of rotatable bonds is 6. The van der Waals surface area contributed by atoms with E-state index in [1.54, 1.807) is 6.92 Å². The molecule has 0 aromatic heterocycles. The molecule has 8 heteroatoms. The lowest BCUT2D eigenvalue weighted by Crippen LogP contribution is -2.20. The van der Waals surface area contributed by atoms with E-state index in [0.29, 0.717) is 0 Å². The first-order chi connectivity index (χ1) is 9.25. The highest BCUT2D eigenvalue weighted by Crippen LogP contribution is 2.13. The van der Waals surface area contributed by atoms with Crippen LogP contribution in [-0.2, 0) is 25.1 Å². The molecule has 0 heterocycles. The summed E-state index contributed by atoms with van der Waals surface area (Å²) in [7, 11) is -3.79. The van der Waals surface area contributed by atoms with E-state index >= 15 is 0 Å². The van der Waals surface area contributed by atoms with Crippen molar-refractivity contribution < 1.29 is 32.2 Å². The Bertz CT molecular complexity index is 623. The first-order valence-electron chi connectivity index (χ1n) is 5.63. The number of esters is 1. The van der Waals surface area contributed by atoms with Crippen molar-refractivity contribution in [1.82, 2.24) is 0 Å². The predicted octanol–water partition coefficient (Wildman–Crippen LogP) is 1.00. The number of aromatic carboxylic acids is 1. The Morgan fingerprint density at radius 2 is 2.00 bits per heavy atom. The molecule has 1 rings (SSSR count). The van der Waals surface area contributed by atoms with Gasteiger partial charge in [0.05, 0.1) is 17.9 Å². The van der Waals surface area contributed by atoms with Gasteiger partial charge in [0.15, 0.2) is 9.84 Å². The second-order valence-corrected chi connectivity index (χ2v) is 6.02. The minimum atomic E-state index is -3.79. The van der Waals surface area contributed by atoms with Crippen molar-refractivity contribution >= 4 is 21.8 Å². The van der Waals surface area contributed by atoms with Crippen LogP contribution < -0.4 is 0 Å². The Morgan fingerprint density at radius 1 is 1.35 bits per heavy atom. The summed E-state index contributed by atoms with van der Waals surface area (Å²) in [5.74, 6) is -4.72. The Balaban J connectivity index is 2.85. The third kappa shape index (κ3) is 4.61. The average molecular weight is 304 g/mol. The van der Waals surface area contributed by atoms with E-state index in [2.05, 4.69) is 4.74 Å². The van der Waals surface area contributed by atoms with E-state index in [1.807, 2.05) is 0 Å². The SMILES string of the molecule is CCOC(=O)CS(=O)(=O)Cc1ccc(C(=O)O)c(F)c1. The number of carboxylic acids is 1. The number of sulfone groups is 1. The van der Waals surface area contributed by atoms with Gasteiger partial charge in [-0.05, 0) is 24.6 Å². The monoisotopic (exact) mass is 304 g/mol. The van der Waals surface area contributed by atoms with Gasteiger partial charge in [0, 0.05) is 0 Å². The first-order valence-corrected chi connectivity index (χ1v) is 7.45. The van der Waals surface area contributed by atoms with Crippen LogP contribution in [0.1, 0.15) is 22.8 Å². The molecule has 1 aromatic carbocycles. The Labute approximate surface area is 115 Å². The molecule has 0 radical (unpaired) electrons. The van der Waals surface area contributed by atoms with Crippen LogP contribution >= 0.6 is 0 Å². The van der Waals surface area contributed by atoms with Crippen LogP contribution in [0.3, 0.4) is 0 Å². The van der Waals surface area contributed by atoms with Crippen LogP contribution in [0.2, 0.25) is 0 Å². The predicted molar refractivity (Wildman–Crippen MR) is 67.5 cm³/mol. The third-order valence-corrected chi connectivity index (χ3v) is 3.74. The van der Waals surface area contributed by atoms with Crippen molar-refractivity contribution in [1.29, 1.82) is 0 Å².